The maximum Gasteiger partial charge on any atom is 0.254 e. The van der Waals surface area contributed by atoms with Crippen molar-refractivity contribution in [1.82, 2.24) is 20.1 Å². The van der Waals surface area contributed by atoms with Gasteiger partial charge in [-0.15, -0.1) is 0 Å². The number of nitrogens with one attached hydrogen (secondary N) is 2. The van der Waals surface area contributed by atoms with Crippen LogP contribution in [0.1, 0.15) is 17.3 Å². The van der Waals surface area contributed by atoms with Gasteiger partial charge >= 0.3 is 0 Å². The number of aromatic nitrogens is 3. The Morgan fingerprint density at radius 1 is 1.61 bits per heavy atom. The van der Waals surface area contributed by atoms with E-state index in [9.17, 15) is 4.79 Å². The second-order valence-corrected chi connectivity index (χ2v) is 4.42. The van der Waals surface area contributed by atoms with Crippen LogP contribution in [-0.2, 0) is 6.54 Å². The quantitative estimate of drug-likeness (QED) is 0.825. The molecule has 0 aromatic carbocycles. The van der Waals surface area contributed by atoms with E-state index in [1.54, 1.807) is 29.2 Å². The Labute approximate surface area is 110 Å². The van der Waals surface area contributed by atoms with Crippen LogP contribution in [0.5, 0.6) is 0 Å². The summed E-state index contributed by atoms with van der Waals surface area (Å²) in [5, 5.41) is 6.98. The second kappa shape index (κ2) is 5.59. The summed E-state index contributed by atoms with van der Waals surface area (Å²) >= 11 is 5.06. The summed E-state index contributed by atoms with van der Waals surface area (Å²) < 4.78 is 2.22. The van der Waals surface area contributed by atoms with Crippen molar-refractivity contribution in [2.24, 2.45) is 0 Å². The number of H-pyrrole nitrogens is 1. The summed E-state index contributed by atoms with van der Waals surface area (Å²) in [7, 11) is 0. The number of pyridine rings is 1. The van der Waals surface area contributed by atoms with Gasteiger partial charge in [0.25, 0.3) is 5.91 Å². The Kier molecular flexibility index (Phi) is 3.88. The van der Waals surface area contributed by atoms with Gasteiger partial charge in [-0.1, -0.05) is 12.2 Å². The van der Waals surface area contributed by atoms with Gasteiger partial charge < -0.3 is 10.3 Å². The first-order valence-corrected chi connectivity index (χ1v) is 6.03. The van der Waals surface area contributed by atoms with Crippen LogP contribution in [0.2, 0.25) is 0 Å². The highest BCUT2D eigenvalue weighted by Gasteiger charge is 2.11. The smallest absolute Gasteiger partial charge is 0.254 e. The molecule has 0 spiro atoms. The van der Waals surface area contributed by atoms with Gasteiger partial charge in [0, 0.05) is 24.6 Å². The minimum absolute atomic E-state index is 0.0213. The molecule has 0 aliphatic rings. The average Bonchev–Trinajstić information content (AvgIpc) is 2.82. The van der Waals surface area contributed by atoms with Gasteiger partial charge in [0.2, 0.25) is 0 Å². The first-order chi connectivity index (χ1) is 8.66. The van der Waals surface area contributed by atoms with E-state index < -0.39 is 0 Å². The molecule has 2 N–H and O–H groups in total. The van der Waals surface area contributed by atoms with Crippen molar-refractivity contribution in [2.45, 2.75) is 19.5 Å². The molecule has 2 heterocycles. The van der Waals surface area contributed by atoms with Crippen molar-refractivity contribution in [1.29, 1.82) is 0 Å². The van der Waals surface area contributed by atoms with E-state index in [2.05, 4.69) is 15.4 Å². The Balaban J connectivity index is 1.99. The Morgan fingerprint density at radius 2 is 2.44 bits per heavy atom. The number of carbonyl (C=O) groups excluding carboxylic acids is 1. The molecule has 0 saturated carbocycles. The highest BCUT2D eigenvalue weighted by atomic mass is 32.1. The van der Waals surface area contributed by atoms with Gasteiger partial charge in [-0.2, -0.15) is 5.10 Å². The molecular weight excluding hydrogens is 248 g/mol. The molecule has 94 valence electrons. The van der Waals surface area contributed by atoms with Crippen LogP contribution in [0.25, 0.3) is 0 Å². The molecule has 2 aromatic heterocycles. The van der Waals surface area contributed by atoms with E-state index in [0.29, 0.717) is 16.7 Å². The van der Waals surface area contributed by atoms with Gasteiger partial charge in [0.05, 0.1) is 12.1 Å². The predicted molar refractivity (Wildman–Crippen MR) is 70.8 cm³/mol. The summed E-state index contributed by atoms with van der Waals surface area (Å²) in [4.78, 5) is 14.8. The lowest BCUT2D eigenvalue weighted by Gasteiger charge is -2.13. The van der Waals surface area contributed by atoms with Crippen molar-refractivity contribution in [3.63, 3.8) is 0 Å². The zero-order chi connectivity index (χ0) is 13.0. The maximum atomic E-state index is 12.0. The normalized spacial score (nSPS) is 12.1. The van der Waals surface area contributed by atoms with E-state index in [-0.39, 0.29) is 11.9 Å². The second-order valence-electron chi connectivity index (χ2n) is 4.02. The molecule has 2 rings (SSSR count). The third-order valence-electron chi connectivity index (χ3n) is 2.46. The van der Waals surface area contributed by atoms with Crippen LogP contribution < -0.4 is 5.32 Å². The Morgan fingerprint density at radius 3 is 3.11 bits per heavy atom. The molecule has 1 amide bonds. The third kappa shape index (κ3) is 3.04. The first kappa shape index (κ1) is 12.5. The van der Waals surface area contributed by atoms with Crippen LogP contribution in [0.15, 0.2) is 36.8 Å². The van der Waals surface area contributed by atoms with E-state index in [1.165, 1.54) is 0 Å². The fourth-order valence-electron chi connectivity index (χ4n) is 1.64. The molecule has 1 unspecified atom stereocenters. The molecular formula is C12H14N4OS. The minimum atomic E-state index is -0.170. The van der Waals surface area contributed by atoms with Crippen LogP contribution >= 0.6 is 12.2 Å². The Bertz CT molecular complexity index is 576. The number of carbonyl (C=O) groups is 1. The molecule has 2 aromatic rings. The number of amides is 1. The van der Waals surface area contributed by atoms with Crippen LogP contribution in [0.3, 0.4) is 0 Å². The zero-order valence-corrected chi connectivity index (χ0v) is 10.8. The summed E-state index contributed by atoms with van der Waals surface area (Å²) in [6.07, 6.45) is 5.27. The van der Waals surface area contributed by atoms with Gasteiger partial charge in [0.1, 0.15) is 4.64 Å². The van der Waals surface area contributed by atoms with E-state index in [1.807, 2.05) is 19.2 Å². The number of hydrogen-bond acceptors (Lipinski definition) is 3. The van der Waals surface area contributed by atoms with Crippen molar-refractivity contribution >= 4 is 18.1 Å². The molecule has 1 atom stereocenters. The first-order valence-electron chi connectivity index (χ1n) is 5.63. The van der Waals surface area contributed by atoms with Crippen LogP contribution in [-0.4, -0.2) is 26.7 Å². The average molecular weight is 262 g/mol. The highest BCUT2D eigenvalue weighted by molar-refractivity contribution is 7.71. The molecule has 0 aliphatic carbocycles. The van der Waals surface area contributed by atoms with E-state index in [4.69, 9.17) is 12.2 Å². The highest BCUT2D eigenvalue weighted by Crippen LogP contribution is 2.00. The number of rotatable bonds is 4. The summed E-state index contributed by atoms with van der Waals surface area (Å²) in [6.45, 7) is 2.55. The van der Waals surface area contributed by atoms with Gasteiger partial charge in [-0.05, 0) is 25.1 Å². The van der Waals surface area contributed by atoms with E-state index >= 15 is 0 Å². The molecule has 18 heavy (non-hydrogen) atoms. The summed E-state index contributed by atoms with van der Waals surface area (Å²) in [6, 6.07) is 5.28. The van der Waals surface area contributed by atoms with Crippen molar-refractivity contribution < 1.29 is 4.79 Å². The topological polar surface area (TPSA) is 62.7 Å². The molecule has 0 fully saturated rings. The molecule has 0 radical (unpaired) electrons. The van der Waals surface area contributed by atoms with Crippen LogP contribution in [0.4, 0.5) is 0 Å². The number of hydrogen-bond donors (Lipinski definition) is 2. The Hall–Kier alpha value is -1.95. The fraction of sp³-hybridized carbons (Fsp3) is 0.250. The maximum absolute atomic E-state index is 12.0. The van der Waals surface area contributed by atoms with Crippen molar-refractivity contribution in [3.8, 4) is 0 Å². The van der Waals surface area contributed by atoms with Gasteiger partial charge in [-0.25, -0.2) is 0 Å². The number of aromatic amines is 1. The van der Waals surface area contributed by atoms with Crippen molar-refractivity contribution in [2.75, 3.05) is 0 Å². The van der Waals surface area contributed by atoms with Gasteiger partial charge in [-0.3, -0.25) is 9.48 Å². The predicted octanol–water partition coefficient (Wildman–Crippen LogP) is 1.76. The zero-order valence-electron chi connectivity index (χ0n) is 9.96. The number of nitrogens with zero attached hydrogens (tertiary/aromatic N) is 2. The van der Waals surface area contributed by atoms with Crippen LogP contribution in [0, 0.1) is 4.64 Å². The molecule has 5 nitrogen and oxygen atoms in total. The molecule has 0 bridgehead atoms. The molecule has 0 saturated heterocycles. The standard InChI is InChI=1S/C12H14N4OS/c1-9(8-16-7-3-6-14-16)15-11(17)10-4-2-5-13-12(10)18/h2-7,9H,8H2,1H3,(H,13,18)(H,15,17). The largest absolute Gasteiger partial charge is 0.352 e. The van der Waals surface area contributed by atoms with Gasteiger partial charge in [0.15, 0.2) is 0 Å². The van der Waals surface area contributed by atoms with E-state index in [0.717, 1.165) is 0 Å². The summed E-state index contributed by atoms with van der Waals surface area (Å²) in [5.74, 6) is -0.170. The lowest BCUT2D eigenvalue weighted by molar-refractivity contribution is 0.0935. The minimum Gasteiger partial charge on any atom is -0.352 e. The fourth-order valence-corrected chi connectivity index (χ4v) is 1.87. The summed E-state index contributed by atoms with van der Waals surface area (Å²) in [5.41, 5.74) is 0.486. The monoisotopic (exact) mass is 262 g/mol. The SMILES string of the molecule is CC(Cn1cccn1)NC(=O)c1ccc[nH]c1=S. The molecule has 6 heteroatoms. The van der Waals surface area contributed by atoms with Crippen molar-refractivity contribution in [3.05, 3.63) is 47.0 Å². The lowest BCUT2D eigenvalue weighted by atomic mass is 10.2. The third-order valence-corrected chi connectivity index (χ3v) is 2.80. The lowest BCUT2D eigenvalue weighted by Crippen LogP contribution is -2.36. The molecule has 0 aliphatic heterocycles.